The van der Waals surface area contributed by atoms with Gasteiger partial charge in [0, 0.05) is 37.0 Å². The van der Waals surface area contributed by atoms with Crippen LogP contribution in [-0.2, 0) is 28.5 Å². The normalized spacial score (nSPS) is 42.6. The Morgan fingerprint density at radius 3 is 2.69 bits per heavy atom. The first kappa shape index (κ1) is 22.0. The van der Waals surface area contributed by atoms with E-state index in [0.29, 0.717) is 5.57 Å². The second-order valence-electron chi connectivity index (χ2n) is 8.42. The highest BCUT2D eigenvalue weighted by atomic mass is 16.7. The molecular formula is C21H30O8. The van der Waals surface area contributed by atoms with Crippen LogP contribution < -0.4 is 0 Å². The molecule has 7 unspecified atom stereocenters. The summed E-state index contributed by atoms with van der Waals surface area (Å²) in [4.78, 5) is 24.8. The Hall–Kier alpha value is -1.74. The van der Waals surface area contributed by atoms with E-state index >= 15 is 0 Å². The SMILES string of the molecule is C=C1C(=O)OC2CC(CO)C3(O)CC(OC)C(C)(CC(OC(=O)C(C)=CC)C12)O3. The van der Waals surface area contributed by atoms with E-state index in [9.17, 15) is 19.8 Å². The molecular weight excluding hydrogens is 380 g/mol. The van der Waals surface area contributed by atoms with Crippen LogP contribution in [0.5, 0.6) is 0 Å². The molecule has 29 heavy (non-hydrogen) atoms. The molecule has 0 aromatic heterocycles. The summed E-state index contributed by atoms with van der Waals surface area (Å²) in [5.41, 5.74) is -0.361. The first-order valence-corrected chi connectivity index (χ1v) is 9.88. The zero-order valence-corrected chi connectivity index (χ0v) is 17.3. The fraction of sp³-hybridized carbons (Fsp3) is 0.714. The number of esters is 2. The summed E-state index contributed by atoms with van der Waals surface area (Å²) in [5.74, 6) is -4.03. The molecule has 3 heterocycles. The molecule has 2 bridgehead atoms. The van der Waals surface area contributed by atoms with Crippen LogP contribution in [0.1, 0.15) is 40.0 Å². The molecule has 7 atom stereocenters. The van der Waals surface area contributed by atoms with Gasteiger partial charge in [-0.1, -0.05) is 12.7 Å². The maximum absolute atomic E-state index is 12.5. The van der Waals surface area contributed by atoms with Gasteiger partial charge in [-0.15, -0.1) is 0 Å². The van der Waals surface area contributed by atoms with E-state index in [4.69, 9.17) is 18.9 Å². The van der Waals surface area contributed by atoms with Crippen molar-refractivity contribution in [1.29, 1.82) is 0 Å². The van der Waals surface area contributed by atoms with Crippen LogP contribution in [0, 0.1) is 11.8 Å². The first-order chi connectivity index (χ1) is 13.6. The number of carbonyl (C=O) groups is 2. The largest absolute Gasteiger partial charge is 0.458 e. The molecule has 0 amide bonds. The summed E-state index contributed by atoms with van der Waals surface area (Å²) in [6, 6.07) is 0. The Labute approximate surface area is 170 Å². The van der Waals surface area contributed by atoms with Gasteiger partial charge in [0.05, 0.1) is 24.2 Å². The number of carbonyl (C=O) groups excluding carboxylic acids is 2. The van der Waals surface area contributed by atoms with E-state index in [0.717, 1.165) is 0 Å². The highest BCUT2D eigenvalue weighted by molar-refractivity contribution is 5.91. The first-order valence-electron chi connectivity index (χ1n) is 9.88. The summed E-state index contributed by atoms with van der Waals surface area (Å²) < 4.78 is 22.9. The van der Waals surface area contributed by atoms with Gasteiger partial charge in [-0.05, 0) is 27.2 Å². The van der Waals surface area contributed by atoms with Gasteiger partial charge in [-0.3, -0.25) is 0 Å². The smallest absolute Gasteiger partial charge is 0.334 e. The second kappa shape index (κ2) is 7.83. The van der Waals surface area contributed by atoms with Crippen molar-refractivity contribution in [3.8, 4) is 0 Å². The summed E-state index contributed by atoms with van der Waals surface area (Å²) in [5, 5.41) is 21.1. The summed E-state index contributed by atoms with van der Waals surface area (Å²) in [6.07, 6.45) is 0.153. The minimum Gasteiger partial charge on any atom is -0.458 e. The Morgan fingerprint density at radius 2 is 2.10 bits per heavy atom. The average Bonchev–Trinajstić information content (AvgIpc) is 3.11. The molecule has 2 N–H and O–H groups in total. The van der Waals surface area contributed by atoms with Gasteiger partial charge in [0.1, 0.15) is 12.2 Å². The molecule has 162 valence electrons. The number of hydrogen-bond donors (Lipinski definition) is 2. The van der Waals surface area contributed by atoms with Gasteiger partial charge in [-0.25, -0.2) is 9.59 Å². The molecule has 3 fully saturated rings. The standard InChI is InChI=1S/C21H30O8/c1-6-11(2)18(23)28-15-8-20(4)16(26-5)9-21(25,29-20)13(10-22)7-14-17(15)12(3)19(24)27-14/h6,13-17,22,25H,3,7-10H2,1-2,4-5H3. The molecule has 3 saturated heterocycles. The van der Waals surface area contributed by atoms with Gasteiger partial charge < -0.3 is 29.2 Å². The molecule has 3 rings (SSSR count). The Morgan fingerprint density at radius 1 is 1.41 bits per heavy atom. The lowest BCUT2D eigenvalue weighted by Crippen LogP contribution is -2.45. The minimum atomic E-state index is -1.65. The topological polar surface area (TPSA) is 112 Å². The molecule has 3 aliphatic rings. The lowest BCUT2D eigenvalue weighted by atomic mass is 9.77. The molecule has 8 nitrogen and oxygen atoms in total. The van der Waals surface area contributed by atoms with Crippen molar-refractivity contribution < 1.29 is 38.7 Å². The Balaban J connectivity index is 2.05. The van der Waals surface area contributed by atoms with E-state index in [1.54, 1.807) is 26.8 Å². The number of allylic oxidation sites excluding steroid dienone is 1. The predicted molar refractivity (Wildman–Crippen MR) is 101 cm³/mol. The molecule has 0 spiro atoms. The van der Waals surface area contributed by atoms with Crippen molar-refractivity contribution in [3.63, 3.8) is 0 Å². The van der Waals surface area contributed by atoms with Crippen LogP contribution in [0.15, 0.2) is 23.8 Å². The fourth-order valence-corrected chi connectivity index (χ4v) is 4.73. The van der Waals surface area contributed by atoms with E-state index in [-0.39, 0.29) is 31.4 Å². The third-order valence-electron chi connectivity index (χ3n) is 6.57. The minimum absolute atomic E-state index is 0.144. The number of ether oxygens (including phenoxy) is 4. The Bertz CT molecular complexity index is 730. The molecule has 0 aliphatic carbocycles. The van der Waals surface area contributed by atoms with Gasteiger partial charge in [0.2, 0.25) is 0 Å². The van der Waals surface area contributed by atoms with E-state index in [2.05, 4.69) is 6.58 Å². The maximum Gasteiger partial charge on any atom is 0.334 e. The van der Waals surface area contributed by atoms with Crippen LogP contribution in [0.2, 0.25) is 0 Å². The molecule has 0 aromatic rings. The molecule has 0 saturated carbocycles. The van der Waals surface area contributed by atoms with Crippen molar-refractivity contribution >= 4 is 11.9 Å². The number of aliphatic hydroxyl groups is 2. The van der Waals surface area contributed by atoms with Crippen LogP contribution >= 0.6 is 0 Å². The van der Waals surface area contributed by atoms with Gasteiger partial charge >= 0.3 is 11.9 Å². The summed E-state index contributed by atoms with van der Waals surface area (Å²) in [6.45, 7) is 8.65. The maximum atomic E-state index is 12.5. The lowest BCUT2D eigenvalue weighted by molar-refractivity contribution is -0.260. The van der Waals surface area contributed by atoms with Crippen molar-refractivity contribution in [1.82, 2.24) is 0 Å². The van der Waals surface area contributed by atoms with E-state index in [1.807, 2.05) is 0 Å². The van der Waals surface area contributed by atoms with Gasteiger partial charge in [0.25, 0.3) is 0 Å². The molecule has 3 aliphatic heterocycles. The van der Waals surface area contributed by atoms with E-state index in [1.165, 1.54) is 7.11 Å². The molecule has 8 heteroatoms. The summed E-state index contributed by atoms with van der Waals surface area (Å²) in [7, 11) is 1.52. The number of hydrogen-bond acceptors (Lipinski definition) is 8. The highest BCUT2D eigenvalue weighted by Crippen LogP contribution is 2.50. The number of methoxy groups -OCH3 is 1. The monoisotopic (exact) mass is 410 g/mol. The van der Waals surface area contributed by atoms with Crippen molar-refractivity contribution in [3.05, 3.63) is 23.8 Å². The van der Waals surface area contributed by atoms with Crippen molar-refractivity contribution in [2.45, 2.75) is 69.7 Å². The number of aliphatic hydroxyl groups excluding tert-OH is 1. The van der Waals surface area contributed by atoms with Crippen LogP contribution in [0.25, 0.3) is 0 Å². The quantitative estimate of drug-likeness (QED) is 0.526. The third-order valence-corrected chi connectivity index (χ3v) is 6.57. The fourth-order valence-electron chi connectivity index (χ4n) is 4.73. The van der Waals surface area contributed by atoms with Gasteiger partial charge in [0.15, 0.2) is 5.79 Å². The van der Waals surface area contributed by atoms with Crippen molar-refractivity contribution in [2.75, 3.05) is 13.7 Å². The number of rotatable bonds is 4. The Kier molecular flexibility index (Phi) is 5.93. The average molecular weight is 410 g/mol. The van der Waals surface area contributed by atoms with Gasteiger partial charge in [-0.2, -0.15) is 0 Å². The highest BCUT2D eigenvalue weighted by Gasteiger charge is 2.61. The van der Waals surface area contributed by atoms with Crippen LogP contribution in [-0.4, -0.2) is 65.6 Å². The van der Waals surface area contributed by atoms with Crippen molar-refractivity contribution in [2.24, 2.45) is 11.8 Å². The third kappa shape index (κ3) is 3.74. The molecule has 0 radical (unpaired) electrons. The summed E-state index contributed by atoms with van der Waals surface area (Å²) >= 11 is 0. The van der Waals surface area contributed by atoms with Crippen LogP contribution in [0.4, 0.5) is 0 Å². The molecule has 0 aromatic carbocycles. The second-order valence-corrected chi connectivity index (χ2v) is 8.42. The predicted octanol–water partition coefficient (Wildman–Crippen LogP) is 1.25. The van der Waals surface area contributed by atoms with E-state index < -0.39 is 53.5 Å². The lowest BCUT2D eigenvalue weighted by Gasteiger charge is -2.35. The zero-order valence-electron chi connectivity index (χ0n) is 17.3. The zero-order chi connectivity index (χ0) is 21.6. The number of fused-ring (bicyclic) bond motifs is 3. The van der Waals surface area contributed by atoms with Crippen LogP contribution in [0.3, 0.4) is 0 Å².